The molecule has 0 spiro atoms. The monoisotopic (exact) mass is 275 g/mol. The van der Waals surface area contributed by atoms with Gasteiger partial charge < -0.3 is 24.2 Å². The van der Waals surface area contributed by atoms with Crippen molar-refractivity contribution in [3.8, 4) is 0 Å². The molecule has 1 aliphatic rings. The van der Waals surface area contributed by atoms with Crippen molar-refractivity contribution in [1.82, 2.24) is 4.90 Å². The minimum atomic E-state index is -1.13. The molecule has 1 unspecified atom stereocenters. The molecule has 0 bridgehead atoms. The molecule has 0 aromatic heterocycles. The first-order valence-corrected chi connectivity index (χ1v) is 5.78. The summed E-state index contributed by atoms with van der Waals surface area (Å²) >= 11 is 0. The Balaban J connectivity index is 2.34. The van der Waals surface area contributed by atoms with Gasteiger partial charge in [-0.3, -0.25) is 9.59 Å². The van der Waals surface area contributed by atoms with Gasteiger partial charge in [-0.25, -0.2) is 4.79 Å². The van der Waals surface area contributed by atoms with Gasteiger partial charge in [-0.1, -0.05) is 0 Å². The van der Waals surface area contributed by atoms with Crippen LogP contribution in [0.5, 0.6) is 0 Å². The average molecular weight is 275 g/mol. The molecule has 8 heteroatoms. The van der Waals surface area contributed by atoms with E-state index in [1.54, 1.807) is 0 Å². The molecule has 19 heavy (non-hydrogen) atoms. The second kappa shape index (κ2) is 7.70. The standard InChI is InChI=1S/C11H17NO7/c1-17-11(16)4-8-5-12(2-3-19-8)9(13)6-18-7-10(14)15/h8H,2-7H2,1H3,(H,14,15). The van der Waals surface area contributed by atoms with E-state index >= 15 is 0 Å². The van der Waals surface area contributed by atoms with E-state index in [2.05, 4.69) is 4.74 Å². The summed E-state index contributed by atoms with van der Waals surface area (Å²) in [6, 6.07) is 0. The van der Waals surface area contributed by atoms with E-state index in [0.29, 0.717) is 13.2 Å². The van der Waals surface area contributed by atoms with E-state index in [4.69, 9.17) is 14.6 Å². The molecule has 1 saturated heterocycles. The summed E-state index contributed by atoms with van der Waals surface area (Å²) < 4.78 is 14.6. The number of aliphatic carboxylic acids is 1. The number of carbonyl (C=O) groups excluding carboxylic acids is 2. The highest BCUT2D eigenvalue weighted by Gasteiger charge is 2.26. The van der Waals surface area contributed by atoms with Gasteiger partial charge in [0.25, 0.3) is 0 Å². The molecule has 0 radical (unpaired) electrons. The van der Waals surface area contributed by atoms with Gasteiger partial charge in [-0.15, -0.1) is 0 Å². The van der Waals surface area contributed by atoms with Crippen molar-refractivity contribution in [2.75, 3.05) is 40.0 Å². The number of carboxylic acid groups (broad SMARTS) is 1. The van der Waals surface area contributed by atoms with Crippen molar-refractivity contribution in [3.05, 3.63) is 0 Å². The normalized spacial score (nSPS) is 19.0. The smallest absolute Gasteiger partial charge is 0.329 e. The number of amides is 1. The fourth-order valence-electron chi connectivity index (χ4n) is 1.66. The largest absolute Gasteiger partial charge is 0.480 e. The lowest BCUT2D eigenvalue weighted by molar-refractivity contribution is -0.153. The summed E-state index contributed by atoms with van der Waals surface area (Å²) in [5, 5.41) is 8.38. The number of hydrogen-bond acceptors (Lipinski definition) is 6. The highest BCUT2D eigenvalue weighted by Crippen LogP contribution is 2.09. The predicted molar refractivity (Wildman–Crippen MR) is 61.4 cm³/mol. The van der Waals surface area contributed by atoms with Crippen LogP contribution >= 0.6 is 0 Å². The van der Waals surface area contributed by atoms with Crippen LogP contribution < -0.4 is 0 Å². The molecule has 1 amide bonds. The molecule has 1 fully saturated rings. The summed E-state index contributed by atoms with van der Waals surface area (Å²) in [6.07, 6.45) is -0.319. The average Bonchev–Trinajstić information content (AvgIpc) is 2.38. The molecule has 1 atom stereocenters. The van der Waals surface area contributed by atoms with Crippen molar-refractivity contribution < 1.29 is 33.7 Å². The molecule has 8 nitrogen and oxygen atoms in total. The van der Waals surface area contributed by atoms with E-state index in [1.807, 2.05) is 0 Å². The summed E-state index contributed by atoms with van der Waals surface area (Å²) in [5.74, 6) is -1.85. The predicted octanol–water partition coefficient (Wildman–Crippen LogP) is -1.12. The van der Waals surface area contributed by atoms with Crippen molar-refractivity contribution in [3.63, 3.8) is 0 Å². The first-order valence-electron chi connectivity index (χ1n) is 5.78. The van der Waals surface area contributed by atoms with Crippen molar-refractivity contribution >= 4 is 17.8 Å². The van der Waals surface area contributed by atoms with Gasteiger partial charge in [0.2, 0.25) is 5.91 Å². The lowest BCUT2D eigenvalue weighted by Gasteiger charge is -2.32. The fourth-order valence-corrected chi connectivity index (χ4v) is 1.66. The van der Waals surface area contributed by atoms with Crippen LogP contribution in [-0.2, 0) is 28.6 Å². The highest BCUT2D eigenvalue weighted by molar-refractivity contribution is 5.78. The molecule has 0 saturated carbocycles. The molecule has 0 aliphatic carbocycles. The van der Waals surface area contributed by atoms with Gasteiger partial charge in [0.05, 0.1) is 26.2 Å². The van der Waals surface area contributed by atoms with Gasteiger partial charge in [-0.2, -0.15) is 0 Å². The van der Waals surface area contributed by atoms with Crippen molar-refractivity contribution in [2.45, 2.75) is 12.5 Å². The molecule has 1 rings (SSSR count). The van der Waals surface area contributed by atoms with E-state index < -0.39 is 24.6 Å². The van der Waals surface area contributed by atoms with Crippen LogP contribution in [0.4, 0.5) is 0 Å². The lowest BCUT2D eigenvalue weighted by atomic mass is 10.2. The number of hydrogen-bond donors (Lipinski definition) is 1. The third-order valence-electron chi connectivity index (χ3n) is 2.56. The molecular formula is C11H17NO7. The van der Waals surface area contributed by atoms with Crippen LogP contribution in [0.15, 0.2) is 0 Å². The molecule has 0 aromatic rings. The topological polar surface area (TPSA) is 102 Å². The first-order chi connectivity index (χ1) is 9.02. The number of carboxylic acids is 1. The number of ether oxygens (including phenoxy) is 3. The molecule has 0 aromatic carbocycles. The van der Waals surface area contributed by atoms with Gasteiger partial charge in [0.1, 0.15) is 13.2 Å². The maximum Gasteiger partial charge on any atom is 0.329 e. The van der Waals surface area contributed by atoms with E-state index in [-0.39, 0.29) is 25.5 Å². The molecular weight excluding hydrogens is 258 g/mol. The van der Waals surface area contributed by atoms with Gasteiger partial charge in [-0.05, 0) is 0 Å². The maximum atomic E-state index is 11.7. The number of morpholine rings is 1. The number of carbonyl (C=O) groups is 3. The quantitative estimate of drug-likeness (QED) is 0.612. The number of nitrogens with zero attached hydrogens (tertiary/aromatic N) is 1. The van der Waals surface area contributed by atoms with Crippen molar-refractivity contribution in [2.24, 2.45) is 0 Å². The van der Waals surface area contributed by atoms with E-state index in [0.717, 1.165) is 0 Å². The van der Waals surface area contributed by atoms with E-state index in [1.165, 1.54) is 12.0 Å². The maximum absolute atomic E-state index is 11.7. The van der Waals surface area contributed by atoms with Crippen LogP contribution in [0, 0.1) is 0 Å². The Bertz CT molecular complexity index is 344. The minimum absolute atomic E-state index is 0.0796. The van der Waals surface area contributed by atoms with Crippen molar-refractivity contribution in [1.29, 1.82) is 0 Å². The third kappa shape index (κ3) is 5.66. The number of esters is 1. The van der Waals surface area contributed by atoms with Crippen LogP contribution in [0.2, 0.25) is 0 Å². The van der Waals surface area contributed by atoms with Gasteiger partial charge in [0.15, 0.2) is 0 Å². The second-order valence-electron chi connectivity index (χ2n) is 4.00. The third-order valence-corrected chi connectivity index (χ3v) is 2.56. The minimum Gasteiger partial charge on any atom is -0.480 e. The molecule has 1 heterocycles. The summed E-state index contributed by atoms with van der Waals surface area (Å²) in [7, 11) is 1.29. The zero-order valence-corrected chi connectivity index (χ0v) is 10.7. The van der Waals surface area contributed by atoms with Crippen LogP contribution in [-0.4, -0.2) is 74.0 Å². The number of methoxy groups -OCH3 is 1. The zero-order valence-electron chi connectivity index (χ0n) is 10.7. The number of rotatable bonds is 6. The zero-order chi connectivity index (χ0) is 14.3. The SMILES string of the molecule is COC(=O)CC1CN(C(=O)COCC(=O)O)CCO1. The fraction of sp³-hybridized carbons (Fsp3) is 0.727. The van der Waals surface area contributed by atoms with E-state index in [9.17, 15) is 14.4 Å². The molecule has 1 aliphatic heterocycles. The Morgan fingerprint density at radius 1 is 1.37 bits per heavy atom. The van der Waals surface area contributed by atoms with Gasteiger partial charge >= 0.3 is 11.9 Å². The Hall–Kier alpha value is -1.67. The molecule has 1 N–H and O–H groups in total. The Morgan fingerprint density at radius 2 is 2.11 bits per heavy atom. The Morgan fingerprint density at radius 3 is 2.74 bits per heavy atom. The highest BCUT2D eigenvalue weighted by atomic mass is 16.5. The Kier molecular flexibility index (Phi) is 6.23. The first kappa shape index (κ1) is 15.4. The summed E-state index contributed by atoms with van der Waals surface area (Å²) in [5.41, 5.74) is 0. The lowest BCUT2D eigenvalue weighted by Crippen LogP contribution is -2.47. The van der Waals surface area contributed by atoms with Crippen LogP contribution in [0.1, 0.15) is 6.42 Å². The molecule has 108 valence electrons. The van der Waals surface area contributed by atoms with Crippen LogP contribution in [0.25, 0.3) is 0 Å². The van der Waals surface area contributed by atoms with Gasteiger partial charge in [0, 0.05) is 13.1 Å². The second-order valence-corrected chi connectivity index (χ2v) is 4.00. The summed E-state index contributed by atoms with van der Waals surface area (Å²) in [4.78, 5) is 34.6. The summed E-state index contributed by atoms with van der Waals surface area (Å²) in [6.45, 7) is 0.183. The van der Waals surface area contributed by atoms with Crippen LogP contribution in [0.3, 0.4) is 0 Å². The Labute approximate surface area is 110 Å².